The SMILES string of the molecule is Cc1cc(C)n([Si-]23(Cl)n4c(C)cc(C)[n+]4[Si-]2(Cl)(n2nc(C)cc2C)n2c(C)cc(C)[n+]23)n1. The van der Waals surface area contributed by atoms with Crippen LogP contribution in [0.15, 0.2) is 24.3 Å². The summed E-state index contributed by atoms with van der Waals surface area (Å²) in [6.45, 7) is 8.01. The number of fused-ring (bicyclic) bond motifs is 7. The molecule has 0 bridgehead atoms. The summed E-state index contributed by atoms with van der Waals surface area (Å²) in [7, 11) is 0. The van der Waals surface area contributed by atoms with Crippen LogP contribution in [0.2, 0.25) is 0 Å². The molecule has 6 heterocycles. The van der Waals surface area contributed by atoms with Crippen molar-refractivity contribution in [1.82, 2.24) is 27.6 Å². The number of hydrogen-bond donors (Lipinski definition) is 0. The standard InChI is InChI=1S/C20H28Cl2N8Si2/c1-13-9-15(3)25(23-13)31(21)27-17(5)11-19(7)29(27)32(31,22,26-16(4)10-14(2)24-26)30-20(8)12-18(6)28(30)31/h9-12H,1-8H3. The van der Waals surface area contributed by atoms with E-state index < -0.39 is 13.3 Å². The molecule has 0 aromatic carbocycles. The number of aryl methyl sites for hydroxylation is 8. The molecule has 0 radical (unpaired) electrons. The van der Waals surface area contributed by atoms with E-state index in [2.05, 4.69) is 91.9 Å². The molecule has 0 N–H and O–H groups in total. The predicted octanol–water partition coefficient (Wildman–Crippen LogP) is 2.28. The van der Waals surface area contributed by atoms with Gasteiger partial charge in [-0.15, -0.1) is 0 Å². The number of nitrogens with zero attached hydrogens (tertiary/aromatic N) is 8. The Morgan fingerprint density at radius 1 is 0.594 bits per heavy atom. The van der Waals surface area contributed by atoms with Crippen LogP contribution in [-0.4, -0.2) is 40.9 Å². The van der Waals surface area contributed by atoms with Crippen molar-refractivity contribution in [3.8, 4) is 0 Å². The van der Waals surface area contributed by atoms with Gasteiger partial charge in [0.2, 0.25) is 0 Å². The molecule has 8 nitrogen and oxygen atoms in total. The topological polar surface area (TPSA) is 53.3 Å². The zero-order valence-electron chi connectivity index (χ0n) is 19.6. The summed E-state index contributed by atoms with van der Waals surface area (Å²) in [6, 6.07) is 8.52. The third kappa shape index (κ3) is 1.45. The van der Waals surface area contributed by atoms with Crippen molar-refractivity contribution in [2.24, 2.45) is 0 Å². The fourth-order valence-corrected chi connectivity index (χ4v) is 38.0. The molecular formula is C20H28Cl2N8Si2. The first-order valence-corrected chi connectivity index (χ1v) is 18.6. The molecule has 170 valence electrons. The van der Waals surface area contributed by atoms with Crippen LogP contribution in [0.3, 0.4) is 0 Å². The maximum atomic E-state index is 8.37. The molecule has 2 aliphatic rings. The Hall–Kier alpha value is -2.15. The number of hydrogen-bond acceptors (Lipinski definition) is 2. The first-order chi connectivity index (χ1) is 14.8. The molecule has 2 aliphatic heterocycles. The van der Waals surface area contributed by atoms with E-state index in [0.29, 0.717) is 0 Å². The molecule has 0 saturated heterocycles. The first-order valence-electron chi connectivity index (χ1n) is 10.9. The zero-order valence-corrected chi connectivity index (χ0v) is 23.2. The Balaban J connectivity index is 1.99. The minimum atomic E-state index is -4.28. The van der Waals surface area contributed by atoms with E-state index in [4.69, 9.17) is 32.4 Å². The van der Waals surface area contributed by atoms with Crippen molar-refractivity contribution in [3.63, 3.8) is 0 Å². The quantitative estimate of drug-likeness (QED) is 0.309. The molecule has 6 rings (SSSR count). The van der Waals surface area contributed by atoms with Gasteiger partial charge < -0.3 is 0 Å². The van der Waals surface area contributed by atoms with Crippen LogP contribution in [0.25, 0.3) is 0 Å². The molecule has 0 unspecified atom stereocenters. The van der Waals surface area contributed by atoms with Gasteiger partial charge >= 0.3 is 197 Å². The van der Waals surface area contributed by atoms with Crippen molar-refractivity contribution in [3.05, 3.63) is 69.8 Å². The van der Waals surface area contributed by atoms with Crippen molar-refractivity contribution < 1.29 is 8.69 Å². The zero-order chi connectivity index (χ0) is 23.2. The Morgan fingerprint density at radius 3 is 1.22 bits per heavy atom. The van der Waals surface area contributed by atoms with Crippen molar-refractivity contribution in [2.75, 3.05) is 0 Å². The fourth-order valence-electron chi connectivity index (χ4n) is 7.04. The molecule has 0 spiro atoms. The van der Waals surface area contributed by atoms with Crippen LogP contribution >= 0.6 is 22.2 Å². The fraction of sp³-hybridized carbons (Fsp3) is 0.400. The van der Waals surface area contributed by atoms with Gasteiger partial charge in [0.05, 0.1) is 0 Å². The van der Waals surface area contributed by atoms with Gasteiger partial charge in [-0.1, -0.05) is 0 Å². The number of rotatable bonds is 2. The van der Waals surface area contributed by atoms with Crippen LogP contribution in [0.1, 0.15) is 45.6 Å². The van der Waals surface area contributed by atoms with E-state index in [1.807, 2.05) is 13.8 Å². The monoisotopic (exact) mass is 506 g/mol. The van der Waals surface area contributed by atoms with E-state index in [0.717, 1.165) is 45.6 Å². The van der Waals surface area contributed by atoms with Crippen LogP contribution in [0, 0.1) is 55.4 Å². The van der Waals surface area contributed by atoms with Gasteiger partial charge in [-0.3, -0.25) is 0 Å². The summed E-state index contributed by atoms with van der Waals surface area (Å²) in [5.74, 6) is 0. The van der Waals surface area contributed by atoms with Crippen molar-refractivity contribution in [1.29, 1.82) is 0 Å². The summed E-state index contributed by atoms with van der Waals surface area (Å²) < 4.78 is 13.2. The van der Waals surface area contributed by atoms with Gasteiger partial charge in [0.25, 0.3) is 0 Å². The summed E-state index contributed by atoms with van der Waals surface area (Å²) in [5.41, 5.74) is 8.14. The third-order valence-electron chi connectivity index (χ3n) is 7.58. The third-order valence-corrected chi connectivity index (χ3v) is 35.3. The van der Waals surface area contributed by atoms with Crippen molar-refractivity contribution >= 4 is 35.5 Å². The Bertz CT molecular complexity index is 1370. The van der Waals surface area contributed by atoms with Gasteiger partial charge in [-0.2, -0.15) is 0 Å². The molecule has 12 heteroatoms. The van der Waals surface area contributed by atoms with E-state index >= 15 is 0 Å². The number of halogens is 2. The summed E-state index contributed by atoms with van der Waals surface area (Å²) >= 11 is 16.7. The van der Waals surface area contributed by atoms with Gasteiger partial charge in [-0.25, -0.2) is 0 Å². The molecule has 4 aromatic heterocycles. The van der Waals surface area contributed by atoms with E-state index in [9.17, 15) is 0 Å². The van der Waals surface area contributed by atoms with E-state index in [1.54, 1.807) is 0 Å². The average Bonchev–Trinajstić information content (AvgIpc) is 3.38. The molecule has 0 atom stereocenters. The van der Waals surface area contributed by atoms with Crippen LogP contribution in [-0.2, 0) is 0 Å². The normalized spacial score (nSPS) is 22.8. The van der Waals surface area contributed by atoms with Gasteiger partial charge in [-0.05, 0) is 0 Å². The predicted molar refractivity (Wildman–Crippen MR) is 127 cm³/mol. The molecule has 0 fully saturated rings. The molecule has 4 aromatic rings. The molecule has 0 aliphatic carbocycles. The van der Waals surface area contributed by atoms with E-state index in [1.165, 1.54) is 0 Å². The van der Waals surface area contributed by atoms with Gasteiger partial charge in [0.15, 0.2) is 0 Å². The maximum absolute atomic E-state index is 8.37. The Labute approximate surface area is 196 Å². The average molecular weight is 508 g/mol. The van der Waals surface area contributed by atoms with Crippen LogP contribution in [0.4, 0.5) is 0 Å². The molecule has 32 heavy (non-hydrogen) atoms. The summed E-state index contributed by atoms with van der Waals surface area (Å²) in [6.07, 6.45) is 0. The molecule has 0 saturated carbocycles. The molecular weight excluding hydrogens is 479 g/mol. The van der Waals surface area contributed by atoms with Gasteiger partial charge in [0.1, 0.15) is 0 Å². The number of aromatic nitrogens is 8. The van der Waals surface area contributed by atoms with Crippen molar-refractivity contribution in [2.45, 2.75) is 55.4 Å². The van der Waals surface area contributed by atoms with E-state index in [-0.39, 0.29) is 0 Å². The summed E-state index contributed by atoms with van der Waals surface area (Å²) in [5, 5.41) is 10.1. The second kappa shape index (κ2) is 5.16. The summed E-state index contributed by atoms with van der Waals surface area (Å²) in [4.78, 5) is 0. The Morgan fingerprint density at radius 2 is 0.938 bits per heavy atom. The molecule has 0 amide bonds. The Kier molecular flexibility index (Phi) is 3.30. The minimum absolute atomic E-state index is 0.923. The van der Waals surface area contributed by atoms with Crippen LogP contribution < -0.4 is 8.69 Å². The second-order valence-electron chi connectivity index (χ2n) is 9.75. The second-order valence-corrected chi connectivity index (χ2v) is 27.8. The first kappa shape index (κ1) is 20.5. The van der Waals surface area contributed by atoms with Gasteiger partial charge in [0, 0.05) is 0 Å². The van der Waals surface area contributed by atoms with Crippen LogP contribution in [0.5, 0.6) is 0 Å².